The predicted octanol–water partition coefficient (Wildman–Crippen LogP) is 5.01. The molecule has 0 spiro atoms. The van der Waals surface area contributed by atoms with Gasteiger partial charge in [-0.25, -0.2) is 0 Å². The molecule has 200 valence electrons. The molecule has 2 bridgehead atoms. The number of rotatable bonds is 7. The van der Waals surface area contributed by atoms with Crippen LogP contribution in [0.1, 0.15) is 67.8 Å². The van der Waals surface area contributed by atoms with Crippen molar-refractivity contribution in [3.8, 4) is 11.5 Å². The Labute approximate surface area is 224 Å². The molecule has 4 aliphatic heterocycles. The van der Waals surface area contributed by atoms with Gasteiger partial charge in [-0.2, -0.15) is 4.98 Å². The van der Waals surface area contributed by atoms with Crippen LogP contribution >= 0.6 is 0 Å². The van der Waals surface area contributed by atoms with Crippen molar-refractivity contribution in [3.63, 3.8) is 0 Å². The molecule has 1 aliphatic carbocycles. The lowest BCUT2D eigenvalue weighted by Gasteiger charge is -2.51. The molecular weight excluding hydrogens is 478 g/mol. The van der Waals surface area contributed by atoms with E-state index in [2.05, 4.69) is 11.2 Å². The molecule has 2 aromatic carbocycles. The van der Waals surface area contributed by atoms with Crippen molar-refractivity contribution in [2.24, 2.45) is 11.8 Å². The Balaban J connectivity index is 1.11. The molecule has 38 heavy (non-hydrogen) atoms. The van der Waals surface area contributed by atoms with Crippen molar-refractivity contribution in [3.05, 3.63) is 71.4 Å². The van der Waals surface area contributed by atoms with Gasteiger partial charge < -0.3 is 23.6 Å². The molecule has 1 aromatic heterocycles. The maximum absolute atomic E-state index is 12.2. The van der Waals surface area contributed by atoms with Gasteiger partial charge in [0.2, 0.25) is 5.82 Å². The van der Waals surface area contributed by atoms with E-state index in [1.807, 2.05) is 42.5 Å². The second kappa shape index (κ2) is 9.69. The summed E-state index contributed by atoms with van der Waals surface area (Å²) >= 11 is 0. The molecule has 4 fully saturated rings. The Morgan fingerprint density at radius 2 is 1.82 bits per heavy atom. The predicted molar refractivity (Wildman–Crippen MR) is 142 cm³/mol. The number of benzene rings is 2. The van der Waals surface area contributed by atoms with Gasteiger partial charge >= 0.3 is 0 Å². The van der Waals surface area contributed by atoms with Gasteiger partial charge in [0.25, 0.3) is 5.89 Å². The van der Waals surface area contributed by atoms with Crippen molar-refractivity contribution < 1.29 is 23.6 Å². The van der Waals surface area contributed by atoms with Gasteiger partial charge in [-0.05, 0) is 42.5 Å². The number of fused-ring (bicyclic) bond motifs is 4. The molecule has 0 radical (unpaired) electrons. The van der Waals surface area contributed by atoms with Gasteiger partial charge in [0.1, 0.15) is 18.0 Å². The Kier molecular flexibility index (Phi) is 6.16. The molecule has 0 amide bonds. The standard InChI is InChI=1S/C31H38N3O4/c35-31(24-7-3-1-4-8-24,25-9-5-2-6-10-25)30-32-29(38-33-30)21-34-16-13-22(14-17-34)28(20-34)37-26-11-12-27-23(19-26)15-18-36-27/h1,3-4,7-8,11-12,19,22,25,28,35H,2,5-6,9-10,13-18,20-21H2/q+1/t22?,28-,31-,34?/m0/s1. The smallest absolute Gasteiger partial charge is 0.282 e. The molecule has 1 saturated carbocycles. The fraction of sp³-hybridized carbons (Fsp3) is 0.548. The van der Waals surface area contributed by atoms with Gasteiger partial charge in [0, 0.05) is 30.7 Å². The average molecular weight is 517 g/mol. The molecule has 1 N–H and O–H groups in total. The number of piperidine rings is 3. The largest absolute Gasteiger partial charge is 0.493 e. The summed E-state index contributed by atoms with van der Waals surface area (Å²) < 4.78 is 19.1. The highest BCUT2D eigenvalue weighted by Crippen LogP contribution is 2.43. The zero-order chi connectivity index (χ0) is 25.6. The normalized spacial score (nSPS) is 28.4. The highest BCUT2D eigenvalue weighted by molar-refractivity contribution is 5.42. The van der Waals surface area contributed by atoms with Crippen molar-refractivity contribution in [2.45, 2.75) is 69.6 Å². The Morgan fingerprint density at radius 1 is 1.00 bits per heavy atom. The third kappa shape index (κ3) is 4.30. The molecule has 3 saturated heterocycles. The summed E-state index contributed by atoms with van der Waals surface area (Å²) in [5.74, 6) is 3.67. The number of hydrogen-bond donors (Lipinski definition) is 1. The van der Waals surface area contributed by atoms with E-state index in [4.69, 9.17) is 19.0 Å². The Bertz CT molecular complexity index is 1260. The lowest BCUT2D eigenvalue weighted by molar-refractivity contribution is -0.959. The average Bonchev–Trinajstić information content (AvgIpc) is 3.64. The topological polar surface area (TPSA) is 77.6 Å². The molecule has 0 unspecified atom stereocenters. The van der Waals surface area contributed by atoms with Gasteiger partial charge in [0.15, 0.2) is 18.2 Å². The van der Waals surface area contributed by atoms with Crippen LogP contribution in [0.25, 0.3) is 0 Å². The van der Waals surface area contributed by atoms with Gasteiger partial charge in [-0.1, -0.05) is 54.8 Å². The van der Waals surface area contributed by atoms with Crippen LogP contribution in [0, 0.1) is 11.8 Å². The number of aliphatic hydroxyl groups is 1. The molecule has 5 heterocycles. The fourth-order valence-corrected chi connectivity index (χ4v) is 7.51. The van der Waals surface area contributed by atoms with Crippen LogP contribution in [-0.2, 0) is 18.6 Å². The minimum atomic E-state index is -1.22. The molecule has 7 nitrogen and oxygen atoms in total. The van der Waals surface area contributed by atoms with Crippen LogP contribution in [0.2, 0.25) is 0 Å². The maximum atomic E-state index is 12.2. The Morgan fingerprint density at radius 3 is 2.63 bits per heavy atom. The molecule has 8 rings (SSSR count). The van der Waals surface area contributed by atoms with E-state index < -0.39 is 5.60 Å². The summed E-state index contributed by atoms with van der Waals surface area (Å²) in [5, 5.41) is 16.6. The number of hydrogen-bond acceptors (Lipinski definition) is 6. The quantitative estimate of drug-likeness (QED) is 0.445. The molecule has 7 heteroatoms. The first-order valence-electron chi connectivity index (χ1n) is 14.5. The van der Waals surface area contributed by atoms with Crippen molar-refractivity contribution in [2.75, 3.05) is 26.2 Å². The van der Waals surface area contributed by atoms with Crippen molar-refractivity contribution in [1.29, 1.82) is 0 Å². The van der Waals surface area contributed by atoms with Crippen LogP contribution in [0.5, 0.6) is 11.5 Å². The minimum absolute atomic E-state index is 0.0948. The zero-order valence-corrected chi connectivity index (χ0v) is 22.1. The lowest BCUT2D eigenvalue weighted by atomic mass is 9.73. The van der Waals surface area contributed by atoms with E-state index in [1.54, 1.807) is 0 Å². The van der Waals surface area contributed by atoms with E-state index in [0.717, 1.165) is 92.7 Å². The number of aromatic nitrogens is 2. The highest BCUT2D eigenvalue weighted by atomic mass is 16.5. The van der Waals surface area contributed by atoms with Gasteiger partial charge in [0.05, 0.1) is 19.7 Å². The van der Waals surface area contributed by atoms with Crippen molar-refractivity contribution >= 4 is 0 Å². The van der Waals surface area contributed by atoms with Gasteiger partial charge in [-0.15, -0.1) is 0 Å². The number of ether oxygens (including phenoxy) is 2. The molecule has 5 aliphatic rings. The third-order valence-electron chi connectivity index (χ3n) is 9.68. The second-order valence-electron chi connectivity index (χ2n) is 12.0. The summed E-state index contributed by atoms with van der Waals surface area (Å²) in [5.41, 5.74) is 0.884. The third-order valence-corrected chi connectivity index (χ3v) is 9.68. The monoisotopic (exact) mass is 516 g/mol. The summed E-state index contributed by atoms with van der Waals surface area (Å²) in [6.45, 7) is 4.60. The first kappa shape index (κ1) is 24.2. The number of nitrogens with zero attached hydrogens (tertiary/aromatic N) is 3. The van der Waals surface area contributed by atoms with E-state index in [1.165, 1.54) is 12.0 Å². The molecular formula is C31H38N3O4+. The number of quaternary nitrogens is 1. The van der Waals surface area contributed by atoms with E-state index in [-0.39, 0.29) is 12.0 Å². The fourth-order valence-electron chi connectivity index (χ4n) is 7.51. The summed E-state index contributed by atoms with van der Waals surface area (Å²) in [4.78, 5) is 4.89. The van der Waals surface area contributed by atoms with E-state index in [0.29, 0.717) is 24.2 Å². The van der Waals surface area contributed by atoms with E-state index >= 15 is 0 Å². The first-order chi connectivity index (χ1) is 18.6. The van der Waals surface area contributed by atoms with Gasteiger partial charge in [-0.3, -0.25) is 0 Å². The SMILES string of the molecule is O[C@](c1ccccc1)(c1noc(C[N+]23CCC(CC2)[C@@H](Oc2ccc4c(c2)CCO4)C3)n1)C1CCCCC1. The van der Waals surface area contributed by atoms with Crippen LogP contribution in [0.3, 0.4) is 0 Å². The molecule has 2 atom stereocenters. The van der Waals surface area contributed by atoms with Crippen molar-refractivity contribution in [1.82, 2.24) is 10.1 Å². The van der Waals surface area contributed by atoms with E-state index in [9.17, 15) is 5.11 Å². The summed E-state index contributed by atoms with van der Waals surface area (Å²) in [6, 6.07) is 16.2. The maximum Gasteiger partial charge on any atom is 0.282 e. The van der Waals surface area contributed by atoms with Crippen LogP contribution in [0.4, 0.5) is 0 Å². The first-order valence-corrected chi connectivity index (χ1v) is 14.5. The van der Waals surface area contributed by atoms with Crippen LogP contribution in [0.15, 0.2) is 53.1 Å². The minimum Gasteiger partial charge on any atom is -0.493 e. The zero-order valence-electron chi connectivity index (χ0n) is 22.1. The molecule has 3 aromatic rings. The second-order valence-corrected chi connectivity index (χ2v) is 12.0. The Hall–Kier alpha value is -2.90. The summed E-state index contributed by atoms with van der Waals surface area (Å²) in [6.07, 6.45) is 8.87. The lowest BCUT2D eigenvalue weighted by Crippen LogP contribution is -2.64. The van der Waals surface area contributed by atoms with Crippen LogP contribution < -0.4 is 9.47 Å². The summed E-state index contributed by atoms with van der Waals surface area (Å²) in [7, 11) is 0. The highest BCUT2D eigenvalue weighted by Gasteiger charge is 2.49. The van der Waals surface area contributed by atoms with Crippen LogP contribution in [-0.4, -0.2) is 52.1 Å².